The molecule has 0 aliphatic rings. The summed E-state index contributed by atoms with van der Waals surface area (Å²) in [5, 5.41) is 17.3. The van der Waals surface area contributed by atoms with Crippen LogP contribution < -0.4 is 0 Å². The zero-order valence-corrected chi connectivity index (χ0v) is 7.87. The van der Waals surface area contributed by atoms with E-state index in [0.717, 1.165) is 5.56 Å². The number of ether oxygens (including phenoxy) is 1. The zero-order valence-electron chi connectivity index (χ0n) is 7.87. The molecular weight excluding hydrogens is 180 g/mol. The molecule has 1 aromatic rings. The van der Waals surface area contributed by atoms with Crippen LogP contribution in [0.5, 0.6) is 0 Å². The molecule has 0 bridgehead atoms. The number of nitriles is 2. The van der Waals surface area contributed by atoms with Crippen LogP contribution in [0, 0.1) is 29.6 Å². The van der Waals surface area contributed by atoms with E-state index >= 15 is 0 Å². The highest BCUT2D eigenvalue weighted by molar-refractivity contribution is 5.69. The second-order valence-electron chi connectivity index (χ2n) is 2.56. The highest BCUT2D eigenvalue weighted by Crippen LogP contribution is 2.23. The van der Waals surface area contributed by atoms with Gasteiger partial charge in [-0.3, -0.25) is 0 Å². The van der Waals surface area contributed by atoms with E-state index in [1.165, 1.54) is 13.4 Å². The van der Waals surface area contributed by atoms with Crippen LogP contribution in [0.3, 0.4) is 0 Å². The minimum absolute atomic E-state index is 0.0921. The first-order valence-electron chi connectivity index (χ1n) is 3.87. The molecule has 0 atom stereocenters. The molecule has 1 rings (SSSR count). The molecule has 0 saturated carbocycles. The van der Waals surface area contributed by atoms with Crippen LogP contribution in [0.15, 0.2) is 22.3 Å². The van der Waals surface area contributed by atoms with Gasteiger partial charge in [-0.25, -0.2) is 0 Å². The van der Waals surface area contributed by atoms with Crippen molar-refractivity contribution in [2.75, 3.05) is 7.11 Å². The Hall–Kier alpha value is -2.20. The van der Waals surface area contributed by atoms with Crippen LogP contribution >= 0.6 is 0 Å². The van der Waals surface area contributed by atoms with Gasteiger partial charge in [0, 0.05) is 0 Å². The summed E-state index contributed by atoms with van der Waals surface area (Å²) >= 11 is 0. The van der Waals surface area contributed by atoms with Crippen molar-refractivity contribution in [3.8, 4) is 12.1 Å². The summed E-state index contributed by atoms with van der Waals surface area (Å²) in [5.41, 5.74) is 0.732. The zero-order chi connectivity index (χ0) is 10.6. The van der Waals surface area contributed by atoms with Crippen LogP contribution in [0.1, 0.15) is 11.3 Å². The first-order valence-corrected chi connectivity index (χ1v) is 3.87. The fourth-order valence-corrected chi connectivity index (χ4v) is 1.04. The summed E-state index contributed by atoms with van der Waals surface area (Å²) in [7, 11) is 1.39. The number of nitrogens with zero attached hydrogens (tertiary/aromatic N) is 2. The van der Waals surface area contributed by atoms with Crippen molar-refractivity contribution in [2.24, 2.45) is 0 Å². The van der Waals surface area contributed by atoms with Gasteiger partial charge in [-0.05, 0) is 18.6 Å². The van der Waals surface area contributed by atoms with Gasteiger partial charge < -0.3 is 9.15 Å². The summed E-state index contributed by atoms with van der Waals surface area (Å²) < 4.78 is 10.1. The maximum absolute atomic E-state index is 8.67. The lowest BCUT2D eigenvalue weighted by Gasteiger charge is -2.02. The molecule has 70 valence electrons. The number of hydrogen-bond donors (Lipinski definition) is 0. The topological polar surface area (TPSA) is 69.9 Å². The average molecular weight is 188 g/mol. The van der Waals surface area contributed by atoms with E-state index in [0.29, 0.717) is 5.76 Å². The third-order valence-corrected chi connectivity index (χ3v) is 1.72. The van der Waals surface area contributed by atoms with Crippen LogP contribution in [0.25, 0.3) is 5.76 Å². The molecule has 0 spiro atoms. The van der Waals surface area contributed by atoms with Crippen molar-refractivity contribution in [2.45, 2.75) is 6.92 Å². The Morgan fingerprint density at radius 2 is 2.07 bits per heavy atom. The van der Waals surface area contributed by atoms with E-state index in [-0.39, 0.29) is 11.3 Å². The summed E-state index contributed by atoms with van der Waals surface area (Å²) in [6.45, 7) is 1.81. The first kappa shape index (κ1) is 9.88. The molecular formula is C10H8N2O2. The molecule has 0 aliphatic carbocycles. The largest absolute Gasteiger partial charge is 0.491 e. The van der Waals surface area contributed by atoms with Gasteiger partial charge in [0.05, 0.1) is 13.4 Å². The highest BCUT2D eigenvalue weighted by Gasteiger charge is 2.14. The quantitative estimate of drug-likeness (QED) is 0.525. The summed E-state index contributed by atoms with van der Waals surface area (Å²) in [6, 6.07) is 5.24. The molecule has 0 radical (unpaired) electrons. The monoisotopic (exact) mass is 188 g/mol. The first-order chi connectivity index (χ1) is 6.74. The van der Waals surface area contributed by atoms with E-state index in [1.54, 1.807) is 18.2 Å². The normalized spacial score (nSPS) is 8.57. The van der Waals surface area contributed by atoms with Gasteiger partial charge in [-0.2, -0.15) is 10.5 Å². The molecule has 1 aromatic heterocycles. The smallest absolute Gasteiger partial charge is 0.190 e. The van der Waals surface area contributed by atoms with Gasteiger partial charge in [-0.1, -0.05) is 0 Å². The SMILES string of the molecule is COC(=C(C#N)C#N)c1occc1C. The predicted octanol–water partition coefficient (Wildman–Crippen LogP) is 1.99. The fraction of sp³-hybridized carbons (Fsp3) is 0.200. The molecule has 0 N–H and O–H groups in total. The number of hydrogen-bond acceptors (Lipinski definition) is 4. The molecule has 14 heavy (non-hydrogen) atoms. The molecule has 0 unspecified atom stereocenters. The Morgan fingerprint density at radius 3 is 2.43 bits per heavy atom. The Bertz CT molecular complexity index is 427. The van der Waals surface area contributed by atoms with Crippen molar-refractivity contribution in [1.82, 2.24) is 0 Å². The van der Waals surface area contributed by atoms with E-state index in [2.05, 4.69) is 0 Å². The molecule has 0 fully saturated rings. The van der Waals surface area contributed by atoms with Crippen LogP contribution in [0.4, 0.5) is 0 Å². The van der Waals surface area contributed by atoms with Gasteiger partial charge in [0.25, 0.3) is 0 Å². The maximum atomic E-state index is 8.67. The minimum Gasteiger partial charge on any atom is -0.491 e. The van der Waals surface area contributed by atoms with Gasteiger partial charge in [0.15, 0.2) is 17.1 Å². The number of furan rings is 1. The van der Waals surface area contributed by atoms with E-state index < -0.39 is 0 Å². The van der Waals surface area contributed by atoms with Crippen molar-refractivity contribution >= 4 is 5.76 Å². The van der Waals surface area contributed by atoms with Crippen LogP contribution in [-0.2, 0) is 4.74 Å². The summed E-state index contributed by atoms with van der Waals surface area (Å²) in [6.07, 6.45) is 1.48. The average Bonchev–Trinajstić information content (AvgIpc) is 2.61. The van der Waals surface area contributed by atoms with E-state index in [9.17, 15) is 0 Å². The number of aryl methyl sites for hydroxylation is 1. The molecule has 4 heteroatoms. The molecule has 4 nitrogen and oxygen atoms in total. The Balaban J connectivity index is 3.33. The maximum Gasteiger partial charge on any atom is 0.190 e. The molecule has 1 heterocycles. The molecule has 0 saturated heterocycles. The Kier molecular flexibility index (Phi) is 2.93. The van der Waals surface area contributed by atoms with E-state index in [4.69, 9.17) is 19.7 Å². The molecule has 0 aliphatic heterocycles. The van der Waals surface area contributed by atoms with Gasteiger partial charge in [0.2, 0.25) is 0 Å². The number of allylic oxidation sites excluding steroid dienone is 1. The van der Waals surface area contributed by atoms with Gasteiger partial charge in [-0.15, -0.1) is 0 Å². The van der Waals surface area contributed by atoms with Crippen LogP contribution in [-0.4, -0.2) is 7.11 Å². The molecule has 0 amide bonds. The van der Waals surface area contributed by atoms with Crippen molar-refractivity contribution in [3.63, 3.8) is 0 Å². The lowest BCUT2D eigenvalue weighted by molar-refractivity contribution is 0.350. The lowest BCUT2D eigenvalue weighted by atomic mass is 10.2. The number of rotatable bonds is 2. The lowest BCUT2D eigenvalue weighted by Crippen LogP contribution is -1.91. The van der Waals surface area contributed by atoms with Crippen molar-refractivity contribution < 1.29 is 9.15 Å². The minimum atomic E-state index is -0.0921. The van der Waals surface area contributed by atoms with E-state index in [1.807, 2.05) is 6.92 Å². The van der Waals surface area contributed by atoms with Gasteiger partial charge in [0.1, 0.15) is 12.1 Å². The summed E-state index contributed by atoms with van der Waals surface area (Å²) in [5.74, 6) is 0.600. The standard InChI is InChI=1S/C10H8N2O2/c1-7-3-4-14-9(7)10(13-2)8(5-11)6-12/h3-4H,1-2H3. The summed E-state index contributed by atoms with van der Waals surface area (Å²) in [4.78, 5) is 0. The van der Waals surface area contributed by atoms with Crippen LogP contribution in [0.2, 0.25) is 0 Å². The Morgan fingerprint density at radius 1 is 1.43 bits per heavy atom. The number of methoxy groups -OCH3 is 1. The van der Waals surface area contributed by atoms with Gasteiger partial charge >= 0.3 is 0 Å². The third kappa shape index (κ3) is 1.60. The third-order valence-electron chi connectivity index (χ3n) is 1.72. The van der Waals surface area contributed by atoms with Crippen molar-refractivity contribution in [3.05, 3.63) is 29.2 Å². The predicted molar refractivity (Wildman–Crippen MR) is 48.6 cm³/mol. The van der Waals surface area contributed by atoms with Crippen molar-refractivity contribution in [1.29, 1.82) is 10.5 Å². The second kappa shape index (κ2) is 4.15. The fourth-order valence-electron chi connectivity index (χ4n) is 1.04. The second-order valence-corrected chi connectivity index (χ2v) is 2.56. The highest BCUT2D eigenvalue weighted by atomic mass is 16.5. The Labute approximate surface area is 81.6 Å². The molecule has 0 aromatic carbocycles.